The molecule has 0 spiro atoms. The summed E-state index contributed by atoms with van der Waals surface area (Å²) in [7, 11) is 0. The second-order valence-electron chi connectivity index (χ2n) is 5.73. The van der Waals surface area contributed by atoms with E-state index in [1.54, 1.807) is 18.6 Å². The van der Waals surface area contributed by atoms with E-state index in [9.17, 15) is 4.79 Å². The molecular weight excluding hydrogens is 242 g/mol. The number of carbonyl (C=O) groups excluding carboxylic acids is 1. The number of rotatable bonds is 2. The normalized spacial score (nSPS) is 21.7. The van der Waals surface area contributed by atoms with E-state index in [1.807, 2.05) is 0 Å². The quantitative estimate of drug-likeness (QED) is 0.842. The van der Waals surface area contributed by atoms with E-state index in [1.165, 1.54) is 0 Å². The van der Waals surface area contributed by atoms with E-state index in [-0.39, 0.29) is 17.5 Å². The van der Waals surface area contributed by atoms with E-state index in [0.717, 1.165) is 19.3 Å². The minimum Gasteiger partial charge on any atom is -0.458 e. The first-order chi connectivity index (χ1) is 9.08. The number of nitrogens with zero attached hydrogens (tertiary/aromatic N) is 2. The molecule has 2 aromatic rings. The van der Waals surface area contributed by atoms with Crippen molar-refractivity contribution in [1.82, 2.24) is 15.0 Å². The number of H-pyrrole nitrogens is 1. The minimum atomic E-state index is -0.313. The van der Waals surface area contributed by atoms with Crippen LogP contribution in [0.3, 0.4) is 0 Å². The number of hydrogen-bond donors (Lipinski definition) is 1. The van der Waals surface area contributed by atoms with Crippen molar-refractivity contribution < 1.29 is 9.53 Å². The van der Waals surface area contributed by atoms with Crippen LogP contribution in [0.25, 0.3) is 11.2 Å². The smallest absolute Gasteiger partial charge is 0.342 e. The first kappa shape index (κ1) is 12.1. The zero-order valence-electron chi connectivity index (χ0n) is 11.1. The van der Waals surface area contributed by atoms with Crippen molar-refractivity contribution in [2.45, 2.75) is 39.2 Å². The van der Waals surface area contributed by atoms with Gasteiger partial charge >= 0.3 is 5.97 Å². The highest BCUT2D eigenvalue weighted by atomic mass is 16.5. The molecule has 1 aliphatic rings. The average molecular weight is 259 g/mol. The largest absolute Gasteiger partial charge is 0.458 e. The summed E-state index contributed by atoms with van der Waals surface area (Å²) < 4.78 is 5.65. The van der Waals surface area contributed by atoms with Crippen molar-refractivity contribution in [2.75, 3.05) is 0 Å². The number of esters is 1. The summed E-state index contributed by atoms with van der Waals surface area (Å²) in [5.74, 6) is -0.313. The zero-order valence-corrected chi connectivity index (χ0v) is 11.1. The fourth-order valence-electron chi connectivity index (χ4n) is 2.71. The highest BCUT2D eigenvalue weighted by Crippen LogP contribution is 2.39. The summed E-state index contributed by atoms with van der Waals surface area (Å²) in [6.45, 7) is 4.29. The Kier molecular flexibility index (Phi) is 2.77. The number of aromatic nitrogens is 3. The lowest BCUT2D eigenvalue weighted by molar-refractivity contribution is 0.00460. The Balaban J connectivity index is 1.85. The monoisotopic (exact) mass is 259 g/mol. The Labute approximate surface area is 111 Å². The Morgan fingerprint density at radius 2 is 2.21 bits per heavy atom. The molecule has 1 aliphatic carbocycles. The average Bonchev–Trinajstić information content (AvgIpc) is 2.93. The third kappa shape index (κ3) is 2.09. The van der Waals surface area contributed by atoms with Gasteiger partial charge in [0.2, 0.25) is 0 Å². The molecule has 2 heterocycles. The Morgan fingerprint density at radius 3 is 2.95 bits per heavy atom. The Morgan fingerprint density at radius 1 is 1.42 bits per heavy atom. The van der Waals surface area contributed by atoms with Crippen molar-refractivity contribution in [3.8, 4) is 0 Å². The van der Waals surface area contributed by atoms with Gasteiger partial charge in [-0.25, -0.2) is 9.78 Å². The molecule has 0 bridgehead atoms. The minimum absolute atomic E-state index is 0.0124. The molecule has 100 valence electrons. The van der Waals surface area contributed by atoms with Gasteiger partial charge in [-0.05, 0) is 19.3 Å². The van der Waals surface area contributed by atoms with E-state index < -0.39 is 0 Å². The molecule has 1 fully saturated rings. The molecule has 1 atom stereocenters. The van der Waals surface area contributed by atoms with Crippen molar-refractivity contribution in [2.24, 2.45) is 5.41 Å². The number of ether oxygens (including phenoxy) is 1. The maximum Gasteiger partial charge on any atom is 0.342 e. The van der Waals surface area contributed by atoms with Gasteiger partial charge in [0.15, 0.2) is 5.65 Å². The van der Waals surface area contributed by atoms with Gasteiger partial charge in [-0.2, -0.15) is 0 Å². The molecule has 5 nitrogen and oxygen atoms in total. The van der Waals surface area contributed by atoms with Gasteiger partial charge in [-0.1, -0.05) is 13.8 Å². The van der Waals surface area contributed by atoms with Gasteiger partial charge in [0.05, 0.1) is 0 Å². The molecule has 3 rings (SSSR count). The first-order valence-electron chi connectivity index (χ1n) is 6.57. The van der Waals surface area contributed by atoms with Crippen molar-refractivity contribution in [3.05, 3.63) is 24.2 Å². The standard InChI is InChI=1S/C14H17N3O2/c1-14(2)5-3-4-10(14)19-13(18)9-8-17-12-11(9)15-6-7-16-12/h6-8,10H,3-5H2,1-2H3,(H,16,17). The predicted octanol–water partition coefficient (Wildman–Crippen LogP) is 2.69. The topological polar surface area (TPSA) is 67.9 Å². The Hall–Kier alpha value is -1.91. The fourth-order valence-corrected chi connectivity index (χ4v) is 2.71. The van der Waals surface area contributed by atoms with Crippen LogP contribution in [0.4, 0.5) is 0 Å². The highest BCUT2D eigenvalue weighted by Gasteiger charge is 2.37. The third-order valence-electron chi connectivity index (χ3n) is 3.93. The van der Waals surface area contributed by atoms with E-state index in [0.29, 0.717) is 16.7 Å². The van der Waals surface area contributed by atoms with Gasteiger partial charge in [0, 0.05) is 24.0 Å². The number of aromatic amines is 1. The molecule has 0 aliphatic heterocycles. The second kappa shape index (κ2) is 4.33. The van der Waals surface area contributed by atoms with Crippen molar-refractivity contribution in [1.29, 1.82) is 0 Å². The number of nitrogens with one attached hydrogen (secondary N) is 1. The molecular formula is C14H17N3O2. The molecule has 0 amide bonds. The van der Waals surface area contributed by atoms with Gasteiger partial charge in [0.1, 0.15) is 17.2 Å². The maximum atomic E-state index is 12.3. The SMILES string of the molecule is CC1(C)CCCC1OC(=O)c1c[nH]c2nccnc12. The lowest BCUT2D eigenvalue weighted by atomic mass is 9.89. The third-order valence-corrected chi connectivity index (χ3v) is 3.93. The van der Waals surface area contributed by atoms with Crippen LogP contribution in [0.15, 0.2) is 18.6 Å². The molecule has 1 unspecified atom stereocenters. The van der Waals surface area contributed by atoms with Gasteiger partial charge in [-0.15, -0.1) is 0 Å². The van der Waals surface area contributed by atoms with Crippen LogP contribution in [0.1, 0.15) is 43.5 Å². The molecule has 0 radical (unpaired) electrons. The second-order valence-corrected chi connectivity index (χ2v) is 5.73. The van der Waals surface area contributed by atoms with Crippen LogP contribution in [-0.4, -0.2) is 27.0 Å². The summed E-state index contributed by atoms with van der Waals surface area (Å²) in [4.78, 5) is 23.5. The molecule has 19 heavy (non-hydrogen) atoms. The predicted molar refractivity (Wildman–Crippen MR) is 70.7 cm³/mol. The first-order valence-corrected chi connectivity index (χ1v) is 6.57. The Bertz CT molecular complexity index is 618. The number of hydrogen-bond acceptors (Lipinski definition) is 4. The highest BCUT2D eigenvalue weighted by molar-refractivity contribution is 6.01. The number of fused-ring (bicyclic) bond motifs is 1. The summed E-state index contributed by atoms with van der Waals surface area (Å²) in [6, 6.07) is 0. The van der Waals surface area contributed by atoms with Crippen molar-refractivity contribution in [3.63, 3.8) is 0 Å². The number of carbonyl (C=O) groups is 1. The molecule has 2 aromatic heterocycles. The molecule has 1 N–H and O–H groups in total. The van der Waals surface area contributed by atoms with Crippen LogP contribution in [0, 0.1) is 5.41 Å². The van der Waals surface area contributed by atoms with E-state index in [4.69, 9.17) is 4.74 Å². The van der Waals surface area contributed by atoms with Crippen LogP contribution in [0.5, 0.6) is 0 Å². The van der Waals surface area contributed by atoms with Crippen molar-refractivity contribution >= 4 is 17.1 Å². The summed E-state index contributed by atoms with van der Waals surface area (Å²) in [5, 5.41) is 0. The lowest BCUT2D eigenvalue weighted by Crippen LogP contribution is -2.28. The molecule has 0 saturated heterocycles. The molecule has 5 heteroatoms. The van der Waals surface area contributed by atoms with Crippen LogP contribution in [0.2, 0.25) is 0 Å². The maximum absolute atomic E-state index is 12.3. The van der Waals surface area contributed by atoms with Crippen LogP contribution >= 0.6 is 0 Å². The van der Waals surface area contributed by atoms with Gasteiger partial charge in [0.25, 0.3) is 0 Å². The molecule has 1 saturated carbocycles. The van der Waals surface area contributed by atoms with Crippen LogP contribution < -0.4 is 0 Å². The summed E-state index contributed by atoms with van der Waals surface area (Å²) in [5.41, 5.74) is 1.71. The lowest BCUT2D eigenvalue weighted by Gasteiger charge is -2.26. The summed E-state index contributed by atoms with van der Waals surface area (Å²) in [6.07, 6.45) is 7.92. The fraction of sp³-hybridized carbons (Fsp3) is 0.500. The molecule has 0 aromatic carbocycles. The van der Waals surface area contributed by atoms with Gasteiger partial charge in [-0.3, -0.25) is 4.98 Å². The van der Waals surface area contributed by atoms with E-state index >= 15 is 0 Å². The van der Waals surface area contributed by atoms with Crippen LogP contribution in [-0.2, 0) is 4.74 Å². The van der Waals surface area contributed by atoms with Gasteiger partial charge < -0.3 is 9.72 Å². The zero-order chi connectivity index (χ0) is 13.5. The van der Waals surface area contributed by atoms with E-state index in [2.05, 4.69) is 28.8 Å². The summed E-state index contributed by atoms with van der Waals surface area (Å²) >= 11 is 0.